The minimum absolute atomic E-state index is 0.782. The molecule has 0 atom stereocenters. The maximum atomic E-state index is 5.89. The minimum Gasteiger partial charge on any atom is -0.0843 e. The smallest absolute Gasteiger partial charge is 0.0420 e. The quantitative estimate of drug-likeness (QED) is 0.686. The van der Waals surface area contributed by atoms with Gasteiger partial charge < -0.3 is 0 Å². The number of hydrogen-bond acceptors (Lipinski definition) is 0. The van der Waals surface area contributed by atoms with Crippen molar-refractivity contribution in [1.82, 2.24) is 0 Å². The zero-order valence-corrected chi connectivity index (χ0v) is 8.32. The second kappa shape index (κ2) is 2.80. The Balaban J connectivity index is 2.39. The molecule has 0 spiro atoms. The SMILES string of the molecule is Clc1cc(Br)cc(C2CC2)c1. The van der Waals surface area contributed by atoms with Crippen LogP contribution in [0.15, 0.2) is 22.7 Å². The average Bonchev–Trinajstić information content (AvgIpc) is 2.64. The molecule has 58 valence electrons. The molecule has 2 rings (SSSR count). The summed E-state index contributed by atoms with van der Waals surface area (Å²) in [5.41, 5.74) is 1.38. The number of hydrogen-bond donors (Lipinski definition) is 0. The zero-order chi connectivity index (χ0) is 7.84. The molecule has 0 nitrogen and oxygen atoms in total. The van der Waals surface area contributed by atoms with Crippen molar-refractivity contribution in [3.05, 3.63) is 33.3 Å². The van der Waals surface area contributed by atoms with Crippen molar-refractivity contribution in [3.63, 3.8) is 0 Å². The Kier molecular flexibility index (Phi) is 1.94. The summed E-state index contributed by atoms with van der Waals surface area (Å²) in [6.07, 6.45) is 2.65. The van der Waals surface area contributed by atoms with Crippen molar-refractivity contribution >= 4 is 27.5 Å². The average molecular weight is 232 g/mol. The van der Waals surface area contributed by atoms with Gasteiger partial charge >= 0.3 is 0 Å². The molecule has 0 amide bonds. The third-order valence-electron chi connectivity index (χ3n) is 1.93. The molecule has 11 heavy (non-hydrogen) atoms. The predicted octanol–water partition coefficient (Wildman–Crippen LogP) is 3.98. The largest absolute Gasteiger partial charge is 0.0843 e. The summed E-state index contributed by atoms with van der Waals surface area (Å²) in [5.74, 6) is 0.782. The topological polar surface area (TPSA) is 0 Å². The Morgan fingerprint density at radius 1 is 1.27 bits per heavy atom. The molecule has 0 N–H and O–H groups in total. The molecule has 0 radical (unpaired) electrons. The lowest BCUT2D eigenvalue weighted by Crippen LogP contribution is -1.78. The van der Waals surface area contributed by atoms with E-state index in [0.717, 1.165) is 15.4 Å². The summed E-state index contributed by atoms with van der Waals surface area (Å²) in [5, 5.41) is 0.835. The molecule has 0 aliphatic heterocycles. The van der Waals surface area contributed by atoms with Crippen LogP contribution in [0.3, 0.4) is 0 Å². The van der Waals surface area contributed by atoms with Gasteiger partial charge in [-0.3, -0.25) is 0 Å². The van der Waals surface area contributed by atoms with E-state index >= 15 is 0 Å². The van der Waals surface area contributed by atoms with Crippen molar-refractivity contribution < 1.29 is 0 Å². The van der Waals surface area contributed by atoms with E-state index in [-0.39, 0.29) is 0 Å². The van der Waals surface area contributed by atoms with Crippen LogP contribution in [0.4, 0.5) is 0 Å². The normalized spacial score (nSPS) is 16.9. The first kappa shape index (κ1) is 7.63. The standard InChI is InChI=1S/C9H8BrCl/c10-8-3-7(6-1-2-6)4-9(11)5-8/h3-6H,1-2H2. The van der Waals surface area contributed by atoms with Crippen LogP contribution in [-0.4, -0.2) is 0 Å². The highest BCUT2D eigenvalue weighted by atomic mass is 79.9. The van der Waals surface area contributed by atoms with Crippen LogP contribution >= 0.6 is 27.5 Å². The maximum Gasteiger partial charge on any atom is 0.0420 e. The lowest BCUT2D eigenvalue weighted by molar-refractivity contribution is 1.13. The Hall–Kier alpha value is -0.0100. The van der Waals surface area contributed by atoms with Gasteiger partial charge in [0.1, 0.15) is 0 Å². The van der Waals surface area contributed by atoms with E-state index in [4.69, 9.17) is 11.6 Å². The summed E-state index contributed by atoms with van der Waals surface area (Å²) in [4.78, 5) is 0. The molecular formula is C9H8BrCl. The van der Waals surface area contributed by atoms with E-state index in [0.29, 0.717) is 0 Å². The lowest BCUT2D eigenvalue weighted by Gasteiger charge is -1.99. The highest BCUT2D eigenvalue weighted by Crippen LogP contribution is 2.41. The van der Waals surface area contributed by atoms with E-state index in [1.807, 2.05) is 6.07 Å². The van der Waals surface area contributed by atoms with Gasteiger partial charge in [0.05, 0.1) is 0 Å². The summed E-state index contributed by atoms with van der Waals surface area (Å²) in [6.45, 7) is 0. The maximum absolute atomic E-state index is 5.89. The van der Waals surface area contributed by atoms with Crippen LogP contribution in [0.5, 0.6) is 0 Å². The fraction of sp³-hybridized carbons (Fsp3) is 0.333. The molecular weight excluding hydrogens is 223 g/mol. The van der Waals surface area contributed by atoms with Gasteiger partial charge in [0, 0.05) is 9.50 Å². The molecule has 1 saturated carbocycles. The van der Waals surface area contributed by atoms with Crippen molar-refractivity contribution in [2.45, 2.75) is 18.8 Å². The molecule has 1 aromatic carbocycles. The molecule has 1 aromatic rings. The molecule has 0 bridgehead atoms. The van der Waals surface area contributed by atoms with Crippen LogP contribution in [0.2, 0.25) is 5.02 Å². The van der Waals surface area contributed by atoms with Gasteiger partial charge in [-0.15, -0.1) is 0 Å². The third kappa shape index (κ3) is 1.77. The van der Waals surface area contributed by atoms with Gasteiger partial charge in [0.2, 0.25) is 0 Å². The van der Waals surface area contributed by atoms with Crippen molar-refractivity contribution in [1.29, 1.82) is 0 Å². The van der Waals surface area contributed by atoms with Crippen molar-refractivity contribution in [3.8, 4) is 0 Å². The first-order valence-electron chi connectivity index (χ1n) is 3.72. The van der Waals surface area contributed by atoms with Crippen molar-refractivity contribution in [2.24, 2.45) is 0 Å². The van der Waals surface area contributed by atoms with Gasteiger partial charge in [-0.2, -0.15) is 0 Å². The minimum atomic E-state index is 0.782. The first-order chi connectivity index (χ1) is 5.25. The van der Waals surface area contributed by atoms with Gasteiger partial charge in [0.15, 0.2) is 0 Å². The van der Waals surface area contributed by atoms with E-state index in [1.165, 1.54) is 18.4 Å². The first-order valence-corrected chi connectivity index (χ1v) is 4.89. The Bertz CT molecular complexity index is 259. The van der Waals surface area contributed by atoms with E-state index < -0.39 is 0 Å². The van der Waals surface area contributed by atoms with E-state index in [9.17, 15) is 0 Å². The molecule has 0 heterocycles. The summed E-state index contributed by atoms with van der Waals surface area (Å²) in [6, 6.07) is 6.14. The van der Waals surface area contributed by atoms with Crippen molar-refractivity contribution in [2.75, 3.05) is 0 Å². The highest BCUT2D eigenvalue weighted by molar-refractivity contribution is 9.10. The number of halogens is 2. The van der Waals surface area contributed by atoms with Gasteiger partial charge in [-0.1, -0.05) is 27.5 Å². The van der Waals surface area contributed by atoms with Gasteiger partial charge in [-0.05, 0) is 42.5 Å². The third-order valence-corrected chi connectivity index (χ3v) is 2.61. The van der Waals surface area contributed by atoms with E-state index in [1.54, 1.807) is 0 Å². The fourth-order valence-corrected chi connectivity index (χ4v) is 2.11. The predicted molar refractivity (Wildman–Crippen MR) is 51.1 cm³/mol. The lowest BCUT2D eigenvalue weighted by atomic mass is 10.1. The zero-order valence-electron chi connectivity index (χ0n) is 5.98. The number of benzene rings is 1. The highest BCUT2D eigenvalue weighted by Gasteiger charge is 2.23. The molecule has 1 fully saturated rings. The summed E-state index contributed by atoms with van der Waals surface area (Å²) in [7, 11) is 0. The second-order valence-corrected chi connectivity index (χ2v) is 4.33. The Morgan fingerprint density at radius 3 is 2.55 bits per heavy atom. The van der Waals surface area contributed by atoms with Gasteiger partial charge in [-0.25, -0.2) is 0 Å². The molecule has 0 unspecified atom stereocenters. The fourth-order valence-electron chi connectivity index (χ4n) is 1.23. The number of rotatable bonds is 1. The Morgan fingerprint density at radius 2 is 2.00 bits per heavy atom. The molecule has 0 saturated heterocycles. The summed E-state index contributed by atoms with van der Waals surface area (Å²) < 4.78 is 1.09. The molecule has 0 aromatic heterocycles. The van der Waals surface area contributed by atoms with Crippen LogP contribution in [0, 0.1) is 0 Å². The second-order valence-electron chi connectivity index (χ2n) is 2.98. The molecule has 2 heteroatoms. The monoisotopic (exact) mass is 230 g/mol. The molecule has 1 aliphatic carbocycles. The summed E-state index contributed by atoms with van der Waals surface area (Å²) >= 11 is 9.32. The van der Waals surface area contributed by atoms with Gasteiger partial charge in [0.25, 0.3) is 0 Å². The van der Waals surface area contributed by atoms with Crippen LogP contribution < -0.4 is 0 Å². The van der Waals surface area contributed by atoms with E-state index in [2.05, 4.69) is 28.1 Å². The Labute approximate surface area is 79.7 Å². The van der Waals surface area contributed by atoms with Crippen LogP contribution in [0.25, 0.3) is 0 Å². The molecule has 1 aliphatic rings. The van der Waals surface area contributed by atoms with Crippen LogP contribution in [0.1, 0.15) is 24.3 Å². The van der Waals surface area contributed by atoms with Crippen LogP contribution in [-0.2, 0) is 0 Å².